The second-order valence-electron chi connectivity index (χ2n) is 10.5. The van der Waals surface area contributed by atoms with Crippen molar-refractivity contribution in [3.05, 3.63) is 98.5 Å². The van der Waals surface area contributed by atoms with E-state index >= 15 is 0 Å². The molecule has 1 aromatic carbocycles. The maximum absolute atomic E-state index is 13.2. The van der Waals surface area contributed by atoms with Gasteiger partial charge in [0.15, 0.2) is 6.10 Å². The number of pyridine rings is 1. The van der Waals surface area contributed by atoms with Crippen LogP contribution < -0.4 is 5.56 Å². The van der Waals surface area contributed by atoms with Gasteiger partial charge >= 0.3 is 6.18 Å². The van der Waals surface area contributed by atoms with Crippen LogP contribution in [0.5, 0.6) is 0 Å². The number of halogens is 3. The quantitative estimate of drug-likeness (QED) is 0.502. The third kappa shape index (κ3) is 4.67. The molecular weight excluding hydrogens is 509 g/mol. The number of H-pyrrole nitrogens is 1. The highest BCUT2D eigenvalue weighted by molar-refractivity contribution is 5.82. The Labute approximate surface area is 222 Å². The lowest BCUT2D eigenvalue weighted by molar-refractivity contribution is -0.142. The normalized spacial score (nSPS) is 18.9. The first kappa shape index (κ1) is 25.5. The summed E-state index contributed by atoms with van der Waals surface area (Å²) in [7, 11) is 0. The van der Waals surface area contributed by atoms with Gasteiger partial charge in [-0.05, 0) is 72.6 Å². The fraction of sp³-hybridized carbons (Fsp3) is 0.379. The molecule has 3 heterocycles. The molecule has 0 spiro atoms. The van der Waals surface area contributed by atoms with Crippen LogP contribution in [0.1, 0.15) is 77.5 Å². The minimum absolute atomic E-state index is 0.0784. The summed E-state index contributed by atoms with van der Waals surface area (Å²) in [5, 5.41) is 10.6. The first-order valence-electron chi connectivity index (χ1n) is 13.1. The van der Waals surface area contributed by atoms with Gasteiger partial charge in [-0.1, -0.05) is 18.2 Å². The minimum Gasteiger partial charge on any atom is -0.378 e. The number of aliphatic hydroxyl groups excluding tert-OH is 1. The van der Waals surface area contributed by atoms with Gasteiger partial charge in [-0.3, -0.25) is 14.6 Å². The van der Waals surface area contributed by atoms with Crippen molar-refractivity contribution in [3.63, 3.8) is 0 Å². The number of nitrogens with one attached hydrogen (secondary N) is 1. The summed E-state index contributed by atoms with van der Waals surface area (Å²) in [6.07, 6.45) is 4.81. The topological polar surface area (TPSA) is 99.2 Å². The second-order valence-corrected chi connectivity index (χ2v) is 10.5. The zero-order valence-corrected chi connectivity index (χ0v) is 21.1. The molecule has 1 atom stereocenters. The first-order valence-corrected chi connectivity index (χ1v) is 13.1. The Balaban J connectivity index is 1.23. The van der Waals surface area contributed by atoms with Crippen molar-refractivity contribution in [2.45, 2.75) is 62.8 Å². The van der Waals surface area contributed by atoms with E-state index in [-0.39, 0.29) is 24.2 Å². The van der Waals surface area contributed by atoms with E-state index in [1.54, 1.807) is 0 Å². The lowest BCUT2D eigenvalue weighted by atomic mass is 9.93. The predicted octanol–water partition coefficient (Wildman–Crippen LogP) is 4.45. The van der Waals surface area contributed by atoms with Gasteiger partial charge in [0.1, 0.15) is 5.82 Å². The van der Waals surface area contributed by atoms with Crippen LogP contribution in [0.4, 0.5) is 13.2 Å². The fourth-order valence-electron chi connectivity index (χ4n) is 5.64. The van der Waals surface area contributed by atoms with Gasteiger partial charge < -0.3 is 15.0 Å². The molecule has 39 heavy (non-hydrogen) atoms. The number of aliphatic hydroxyl groups is 1. The number of nitrogens with zero attached hydrogens (tertiary/aromatic N) is 3. The van der Waals surface area contributed by atoms with Gasteiger partial charge in [-0.15, -0.1) is 0 Å². The second kappa shape index (κ2) is 9.44. The Kier molecular flexibility index (Phi) is 6.17. The Morgan fingerprint density at radius 1 is 1.15 bits per heavy atom. The van der Waals surface area contributed by atoms with Crippen LogP contribution in [0.3, 0.4) is 0 Å². The highest BCUT2D eigenvalue weighted by Gasteiger charge is 2.49. The van der Waals surface area contributed by atoms with Crippen molar-refractivity contribution in [2.24, 2.45) is 0 Å². The third-order valence-electron chi connectivity index (χ3n) is 8.05. The van der Waals surface area contributed by atoms with E-state index in [0.717, 1.165) is 61.4 Å². The SMILES string of the molecule is O=C(C(O)c1cccc(C(F)(F)F)c1)N1CCc2nc(C3(c4cncc(C5=CCCC5)c4)CC3)[nH]c(=O)c2C1. The minimum atomic E-state index is -4.59. The number of aromatic amines is 1. The highest BCUT2D eigenvalue weighted by atomic mass is 19.4. The van der Waals surface area contributed by atoms with E-state index < -0.39 is 29.2 Å². The van der Waals surface area contributed by atoms with Crippen molar-refractivity contribution < 1.29 is 23.1 Å². The van der Waals surface area contributed by atoms with Gasteiger partial charge in [0.2, 0.25) is 0 Å². The zero-order chi connectivity index (χ0) is 27.4. The molecule has 2 aromatic heterocycles. The number of fused-ring (bicyclic) bond motifs is 1. The van der Waals surface area contributed by atoms with E-state index in [1.165, 1.54) is 16.5 Å². The average Bonchev–Trinajstić information content (AvgIpc) is 3.57. The van der Waals surface area contributed by atoms with Crippen LogP contribution in [-0.4, -0.2) is 37.4 Å². The summed E-state index contributed by atoms with van der Waals surface area (Å²) in [4.78, 5) is 39.7. The van der Waals surface area contributed by atoms with Gasteiger partial charge in [0, 0.05) is 25.4 Å². The summed E-state index contributed by atoms with van der Waals surface area (Å²) in [5.74, 6) is -0.166. The van der Waals surface area contributed by atoms with Gasteiger partial charge in [0.25, 0.3) is 11.5 Å². The smallest absolute Gasteiger partial charge is 0.378 e. The van der Waals surface area contributed by atoms with Gasteiger partial charge in [-0.2, -0.15) is 13.2 Å². The number of rotatable bonds is 5. The van der Waals surface area contributed by atoms with Crippen molar-refractivity contribution in [3.8, 4) is 0 Å². The van der Waals surface area contributed by atoms with Gasteiger partial charge in [-0.25, -0.2) is 4.98 Å². The molecule has 202 valence electrons. The molecule has 3 aromatic rings. The summed E-state index contributed by atoms with van der Waals surface area (Å²) < 4.78 is 39.3. The van der Waals surface area contributed by atoms with Crippen LogP contribution in [0, 0.1) is 0 Å². The van der Waals surface area contributed by atoms with E-state index in [2.05, 4.69) is 22.1 Å². The maximum atomic E-state index is 13.2. The molecule has 2 aliphatic carbocycles. The molecule has 1 unspecified atom stereocenters. The highest BCUT2D eigenvalue weighted by Crippen LogP contribution is 2.52. The molecule has 2 N–H and O–H groups in total. The van der Waals surface area contributed by atoms with E-state index in [0.29, 0.717) is 23.5 Å². The standard InChI is InChI=1S/C29H27F3N4O3/c30-29(31,32)20-7-3-6-18(12-20)24(37)26(39)36-11-8-23-22(16-36)25(38)35-27(34-23)28(9-10-28)21-13-19(14-33-15-21)17-4-1-2-5-17/h3-4,6-7,12-15,24,37H,1-2,5,8-11,16H2,(H,34,35,38). The molecule has 1 saturated carbocycles. The molecule has 7 nitrogen and oxygen atoms in total. The maximum Gasteiger partial charge on any atom is 0.416 e. The first-order chi connectivity index (χ1) is 18.7. The predicted molar refractivity (Wildman–Crippen MR) is 136 cm³/mol. The lowest BCUT2D eigenvalue weighted by Gasteiger charge is -2.30. The van der Waals surface area contributed by atoms with Gasteiger partial charge in [0.05, 0.1) is 28.8 Å². The zero-order valence-electron chi connectivity index (χ0n) is 21.1. The van der Waals surface area contributed by atoms with E-state index in [4.69, 9.17) is 4.98 Å². The molecule has 0 saturated heterocycles. The molecule has 1 aliphatic heterocycles. The third-order valence-corrected chi connectivity index (χ3v) is 8.05. The monoisotopic (exact) mass is 536 g/mol. The Hall–Kier alpha value is -3.79. The molecular formula is C29H27F3N4O3. The van der Waals surface area contributed by atoms with Crippen molar-refractivity contribution in [1.29, 1.82) is 0 Å². The van der Waals surface area contributed by atoms with Crippen LogP contribution in [0.25, 0.3) is 5.57 Å². The molecule has 0 bridgehead atoms. The number of carbonyl (C=O) groups is 1. The summed E-state index contributed by atoms with van der Waals surface area (Å²) >= 11 is 0. The number of aromatic nitrogens is 3. The Morgan fingerprint density at radius 3 is 2.69 bits per heavy atom. The molecule has 1 amide bonds. The number of amides is 1. The Morgan fingerprint density at radius 2 is 1.97 bits per heavy atom. The van der Waals surface area contributed by atoms with Crippen LogP contribution in [0.15, 0.2) is 53.6 Å². The number of allylic oxidation sites excluding steroid dienone is 2. The largest absolute Gasteiger partial charge is 0.416 e. The lowest BCUT2D eigenvalue weighted by Crippen LogP contribution is -2.42. The average molecular weight is 537 g/mol. The van der Waals surface area contributed by atoms with Crippen molar-refractivity contribution in [2.75, 3.05) is 6.54 Å². The fourth-order valence-corrected chi connectivity index (χ4v) is 5.64. The number of alkyl halides is 3. The summed E-state index contributed by atoms with van der Waals surface area (Å²) in [6, 6.07) is 6.22. The molecule has 0 radical (unpaired) electrons. The number of benzene rings is 1. The van der Waals surface area contributed by atoms with E-state index in [9.17, 15) is 27.9 Å². The number of hydrogen-bond donors (Lipinski definition) is 2. The van der Waals surface area contributed by atoms with Crippen LogP contribution >= 0.6 is 0 Å². The molecule has 3 aliphatic rings. The molecule has 6 rings (SSSR count). The number of carbonyl (C=O) groups excluding carboxylic acids is 1. The summed E-state index contributed by atoms with van der Waals surface area (Å²) in [5.41, 5.74) is 2.50. The van der Waals surface area contributed by atoms with Crippen molar-refractivity contribution in [1.82, 2.24) is 19.9 Å². The summed E-state index contributed by atoms with van der Waals surface area (Å²) in [6.45, 7) is 0.112. The van der Waals surface area contributed by atoms with Crippen LogP contribution in [0.2, 0.25) is 0 Å². The molecule has 1 fully saturated rings. The van der Waals surface area contributed by atoms with Crippen LogP contribution in [-0.2, 0) is 29.4 Å². The van der Waals surface area contributed by atoms with E-state index in [1.807, 2.05) is 12.4 Å². The molecule has 10 heteroatoms. The number of hydrogen-bond acceptors (Lipinski definition) is 5. The van der Waals surface area contributed by atoms with Crippen molar-refractivity contribution >= 4 is 11.5 Å². The Bertz CT molecular complexity index is 1540.